The van der Waals surface area contributed by atoms with Crippen LogP contribution in [0.1, 0.15) is 39.8 Å². The number of likely N-dealkylation sites (N-methyl/N-ethyl adjacent to an activating group) is 1. The van der Waals surface area contributed by atoms with Crippen LogP contribution in [-0.2, 0) is 6.54 Å². The fraction of sp³-hybridized carbons (Fsp3) is 0.217. The van der Waals surface area contributed by atoms with Crippen molar-refractivity contribution >= 4 is 27.6 Å². The summed E-state index contributed by atoms with van der Waals surface area (Å²) in [5.74, 6) is -0.909. The Morgan fingerprint density at radius 1 is 1.09 bits per heavy atom. The highest BCUT2D eigenvalue weighted by molar-refractivity contribution is 5.99. The molecule has 0 aliphatic carbocycles. The first-order valence-corrected chi connectivity index (χ1v) is 10.1. The maximum Gasteiger partial charge on any atom is 0.270 e. The summed E-state index contributed by atoms with van der Waals surface area (Å²) in [6, 6.07) is 9.48. The number of nitrogens with one attached hydrogen (secondary N) is 3. The summed E-state index contributed by atoms with van der Waals surface area (Å²) in [5, 5.41) is 4.27. The molecule has 4 aromatic rings. The number of hydrogen-bond acceptors (Lipinski definition) is 3. The minimum atomic E-state index is -2.66. The molecule has 3 N–H and O–H groups in total. The van der Waals surface area contributed by atoms with E-state index >= 15 is 0 Å². The average molecular weight is 440 g/mol. The van der Waals surface area contributed by atoms with Crippen LogP contribution in [0.15, 0.2) is 47.3 Å². The highest BCUT2D eigenvalue weighted by Gasteiger charge is 2.31. The number of carbonyl (C=O) groups excluding carboxylic acids is 1. The van der Waals surface area contributed by atoms with Gasteiger partial charge in [-0.3, -0.25) is 9.59 Å². The van der Waals surface area contributed by atoms with Crippen LogP contribution in [0.25, 0.3) is 21.7 Å². The minimum absolute atomic E-state index is 0.143. The third kappa shape index (κ3) is 3.16. The molecule has 164 valence electrons. The number of benzene rings is 2. The Hall–Kier alpha value is -3.59. The van der Waals surface area contributed by atoms with Crippen molar-refractivity contribution in [2.24, 2.45) is 0 Å². The van der Waals surface area contributed by atoms with Crippen LogP contribution in [0, 0.1) is 5.82 Å². The molecule has 0 spiro atoms. The lowest BCUT2D eigenvalue weighted by atomic mass is 9.94. The molecule has 0 saturated carbocycles. The van der Waals surface area contributed by atoms with E-state index in [9.17, 15) is 22.8 Å². The Morgan fingerprint density at radius 2 is 1.91 bits per heavy atom. The Kier molecular flexibility index (Phi) is 4.78. The molecule has 2 aromatic heterocycles. The Labute approximate surface area is 180 Å². The summed E-state index contributed by atoms with van der Waals surface area (Å²) in [6.45, 7) is 0.816. The maximum absolute atomic E-state index is 13.8. The van der Waals surface area contributed by atoms with Crippen LogP contribution in [0.4, 0.5) is 13.2 Å². The fourth-order valence-electron chi connectivity index (χ4n) is 4.48. The molecule has 3 heterocycles. The van der Waals surface area contributed by atoms with Crippen molar-refractivity contribution in [1.82, 2.24) is 20.2 Å². The average Bonchev–Trinajstić information content (AvgIpc) is 3.22. The monoisotopic (exact) mass is 440 g/mol. The van der Waals surface area contributed by atoms with Crippen LogP contribution in [0.3, 0.4) is 0 Å². The number of H-pyrrole nitrogens is 2. The van der Waals surface area contributed by atoms with Gasteiger partial charge in [0.2, 0.25) is 0 Å². The van der Waals surface area contributed by atoms with E-state index in [1.165, 1.54) is 35.2 Å². The van der Waals surface area contributed by atoms with E-state index < -0.39 is 23.8 Å². The number of nitrogens with zero attached hydrogens (tertiary/aromatic N) is 1. The third-order valence-electron chi connectivity index (χ3n) is 6.03. The third-order valence-corrected chi connectivity index (χ3v) is 6.03. The number of aromatic amines is 2. The topological polar surface area (TPSA) is 81.0 Å². The van der Waals surface area contributed by atoms with E-state index in [1.54, 1.807) is 19.2 Å². The molecule has 0 bridgehead atoms. The van der Waals surface area contributed by atoms with Gasteiger partial charge in [0.25, 0.3) is 17.9 Å². The highest BCUT2D eigenvalue weighted by Crippen LogP contribution is 2.33. The molecular formula is C23H19F3N4O2. The van der Waals surface area contributed by atoms with Gasteiger partial charge in [-0.1, -0.05) is 18.2 Å². The number of pyridine rings is 1. The predicted molar refractivity (Wildman–Crippen MR) is 114 cm³/mol. The number of carbonyl (C=O) groups is 1. The van der Waals surface area contributed by atoms with Gasteiger partial charge in [-0.25, -0.2) is 13.2 Å². The summed E-state index contributed by atoms with van der Waals surface area (Å²) in [4.78, 5) is 33.0. The molecule has 6 nitrogen and oxygen atoms in total. The summed E-state index contributed by atoms with van der Waals surface area (Å²) in [5.41, 5.74) is 1.45. The first-order valence-electron chi connectivity index (χ1n) is 10.1. The van der Waals surface area contributed by atoms with Gasteiger partial charge < -0.3 is 20.2 Å². The van der Waals surface area contributed by atoms with Crippen LogP contribution in [-0.4, -0.2) is 34.4 Å². The van der Waals surface area contributed by atoms with E-state index in [1.807, 2.05) is 0 Å². The van der Waals surface area contributed by atoms with Gasteiger partial charge in [-0.2, -0.15) is 0 Å². The van der Waals surface area contributed by atoms with Gasteiger partial charge in [0.15, 0.2) is 0 Å². The molecule has 1 amide bonds. The molecule has 1 atom stereocenters. The van der Waals surface area contributed by atoms with Crippen molar-refractivity contribution in [3.8, 4) is 0 Å². The van der Waals surface area contributed by atoms with Crippen molar-refractivity contribution in [2.75, 3.05) is 13.6 Å². The number of rotatable bonds is 3. The molecule has 5 rings (SSSR count). The number of fused-ring (bicyclic) bond motifs is 4. The second kappa shape index (κ2) is 7.52. The van der Waals surface area contributed by atoms with Gasteiger partial charge in [0, 0.05) is 47.9 Å². The van der Waals surface area contributed by atoms with E-state index in [0.29, 0.717) is 35.1 Å². The quantitative estimate of drug-likeness (QED) is 0.451. The molecule has 1 aliphatic rings. The van der Waals surface area contributed by atoms with Crippen molar-refractivity contribution in [2.45, 2.75) is 19.0 Å². The van der Waals surface area contributed by atoms with Crippen LogP contribution in [0.2, 0.25) is 0 Å². The minimum Gasteiger partial charge on any atom is -0.351 e. The molecule has 0 fully saturated rings. The van der Waals surface area contributed by atoms with Crippen molar-refractivity contribution < 1.29 is 18.0 Å². The summed E-state index contributed by atoms with van der Waals surface area (Å²) in [7, 11) is 1.61. The molecule has 9 heteroatoms. The van der Waals surface area contributed by atoms with E-state index in [-0.39, 0.29) is 22.6 Å². The van der Waals surface area contributed by atoms with Crippen molar-refractivity contribution in [1.29, 1.82) is 0 Å². The Bertz CT molecular complexity index is 1430. The fourth-order valence-corrected chi connectivity index (χ4v) is 4.48. The normalized spacial score (nSPS) is 16.0. The van der Waals surface area contributed by atoms with Gasteiger partial charge in [-0.05, 0) is 29.7 Å². The van der Waals surface area contributed by atoms with Crippen LogP contribution < -0.4 is 10.9 Å². The maximum atomic E-state index is 13.8. The smallest absolute Gasteiger partial charge is 0.270 e. The van der Waals surface area contributed by atoms with Crippen LogP contribution in [0.5, 0.6) is 0 Å². The summed E-state index contributed by atoms with van der Waals surface area (Å²) < 4.78 is 40.5. The number of hydrogen-bond donors (Lipinski definition) is 3. The predicted octanol–water partition coefficient (Wildman–Crippen LogP) is 4.00. The molecule has 0 unspecified atom stereocenters. The molecule has 32 heavy (non-hydrogen) atoms. The first-order chi connectivity index (χ1) is 15.3. The zero-order chi connectivity index (χ0) is 22.6. The largest absolute Gasteiger partial charge is 0.351 e. The number of alkyl halides is 2. The van der Waals surface area contributed by atoms with Crippen molar-refractivity contribution in [3.63, 3.8) is 0 Å². The van der Waals surface area contributed by atoms with E-state index in [0.717, 1.165) is 5.56 Å². The van der Waals surface area contributed by atoms with E-state index in [4.69, 9.17) is 0 Å². The number of halogens is 3. The lowest BCUT2D eigenvalue weighted by molar-refractivity contribution is 0.0718. The lowest BCUT2D eigenvalue weighted by Gasteiger charge is -2.34. The van der Waals surface area contributed by atoms with Gasteiger partial charge in [-0.15, -0.1) is 0 Å². The molecular weight excluding hydrogens is 421 g/mol. The zero-order valence-electron chi connectivity index (χ0n) is 17.0. The van der Waals surface area contributed by atoms with Gasteiger partial charge in [0.05, 0.1) is 11.4 Å². The standard InChI is InChI=1S/C23H19F3N4O2/c1-30(23(32)17-8-14-13(21(25)26)3-2-4-16(14)28-17)19-10-27-9-18-20(19)12-6-5-11(24)7-15(12)22(31)29-18/h2-8,19,21,27-28H,9-10H2,1H3,(H,29,31)/t19-/m0/s1. The van der Waals surface area contributed by atoms with Gasteiger partial charge in [0.1, 0.15) is 11.5 Å². The van der Waals surface area contributed by atoms with Crippen molar-refractivity contribution in [3.05, 3.63) is 81.2 Å². The molecule has 2 aromatic carbocycles. The molecule has 0 saturated heterocycles. The SMILES string of the molecule is CN(C(=O)c1cc2c(C(F)F)cccc2[nH]1)[C@H]1CNCc2[nH]c(=O)c3cc(F)ccc3c21. The Balaban J connectivity index is 1.59. The number of amides is 1. The second-order valence-electron chi connectivity index (χ2n) is 7.89. The molecule has 0 radical (unpaired) electrons. The second-order valence-corrected chi connectivity index (χ2v) is 7.89. The summed E-state index contributed by atoms with van der Waals surface area (Å²) >= 11 is 0. The summed E-state index contributed by atoms with van der Waals surface area (Å²) in [6.07, 6.45) is -2.66. The zero-order valence-corrected chi connectivity index (χ0v) is 17.0. The lowest BCUT2D eigenvalue weighted by Crippen LogP contribution is -2.42. The van der Waals surface area contributed by atoms with Crippen LogP contribution >= 0.6 is 0 Å². The Morgan fingerprint density at radius 3 is 2.69 bits per heavy atom. The molecule has 1 aliphatic heterocycles. The number of aromatic nitrogens is 2. The highest BCUT2D eigenvalue weighted by atomic mass is 19.3. The van der Waals surface area contributed by atoms with Gasteiger partial charge >= 0.3 is 0 Å². The van der Waals surface area contributed by atoms with E-state index in [2.05, 4.69) is 15.3 Å². The first kappa shape index (κ1) is 20.3.